The quantitative estimate of drug-likeness (QED) is 0.525. The third-order valence-electron chi connectivity index (χ3n) is 1.04. The average molecular weight is 192 g/mol. The molecule has 60 valence electrons. The lowest BCUT2D eigenvalue weighted by atomic mass is 10.4. The summed E-state index contributed by atoms with van der Waals surface area (Å²) in [6.07, 6.45) is 1.62. The molecule has 0 saturated heterocycles. The molecule has 0 aliphatic carbocycles. The van der Waals surface area contributed by atoms with Crippen molar-refractivity contribution < 1.29 is 5.11 Å². The summed E-state index contributed by atoms with van der Waals surface area (Å²) in [7, 11) is 0. The largest absolute Gasteiger partial charge is 0.383 e. The average Bonchev–Trinajstić information content (AvgIpc) is 2.05. The van der Waals surface area contributed by atoms with Crippen LogP contribution >= 0.6 is 24.2 Å². The van der Waals surface area contributed by atoms with E-state index in [-0.39, 0.29) is 5.82 Å². The molecule has 0 aliphatic rings. The monoisotopic (exact) mass is 191 g/mol. The first kappa shape index (κ1) is 8.70. The Morgan fingerprint density at radius 2 is 2.00 bits per heavy atom. The van der Waals surface area contributed by atoms with Crippen LogP contribution < -0.4 is 0 Å². The predicted octanol–water partition coefficient (Wildman–Crippen LogP) is 0.400. The number of hydrogen-bond donors (Lipinski definition) is 2. The Bertz CT molecular complexity index is 220. The molecular formula is C5H6ClN3OS. The van der Waals surface area contributed by atoms with Gasteiger partial charge < -0.3 is 5.11 Å². The van der Waals surface area contributed by atoms with Crippen molar-refractivity contribution in [1.29, 1.82) is 0 Å². The molecule has 0 spiro atoms. The lowest BCUT2D eigenvalue weighted by Crippen LogP contribution is -2.10. The summed E-state index contributed by atoms with van der Waals surface area (Å²) in [6, 6.07) is 0. The first-order valence-electron chi connectivity index (χ1n) is 2.84. The topological polar surface area (TPSA) is 58.9 Å². The normalized spacial score (nSPS) is 15.9. The van der Waals surface area contributed by atoms with E-state index in [1.807, 2.05) is 0 Å². The summed E-state index contributed by atoms with van der Waals surface area (Å²) in [5.41, 5.74) is 0. The van der Waals surface area contributed by atoms with Crippen molar-refractivity contribution in [1.82, 2.24) is 15.0 Å². The maximum atomic E-state index is 9.24. The van der Waals surface area contributed by atoms with Crippen molar-refractivity contribution in [2.45, 2.75) is 10.8 Å². The highest BCUT2D eigenvalue weighted by Crippen LogP contribution is 2.19. The fourth-order valence-corrected chi connectivity index (χ4v) is 0.770. The van der Waals surface area contributed by atoms with Gasteiger partial charge in [0.05, 0.1) is 0 Å². The minimum Gasteiger partial charge on any atom is -0.383 e. The van der Waals surface area contributed by atoms with Gasteiger partial charge in [-0.1, -0.05) is 0 Å². The Morgan fingerprint density at radius 1 is 1.45 bits per heavy atom. The third kappa shape index (κ3) is 2.28. The molecule has 0 fully saturated rings. The van der Waals surface area contributed by atoms with Gasteiger partial charge in [0.2, 0.25) is 0 Å². The van der Waals surface area contributed by atoms with Crippen molar-refractivity contribution in [3.05, 3.63) is 18.5 Å². The highest BCUT2D eigenvalue weighted by molar-refractivity contribution is 7.82. The summed E-state index contributed by atoms with van der Waals surface area (Å²) < 4.78 is -0.697. The van der Waals surface area contributed by atoms with Gasteiger partial charge in [0.25, 0.3) is 0 Å². The molecular weight excluding hydrogens is 186 g/mol. The summed E-state index contributed by atoms with van der Waals surface area (Å²) in [4.78, 5) is 11.0. The van der Waals surface area contributed by atoms with Crippen LogP contribution in [0.3, 0.4) is 0 Å². The molecule has 0 amide bonds. The number of aliphatic hydroxyl groups excluding tert-OH is 1. The van der Waals surface area contributed by atoms with Crippen LogP contribution in [-0.4, -0.2) is 24.8 Å². The standard InChI is InChI=1S/C5H6ClN3OS/c6-4(11)3(10)5-8-1-7-2-9-5/h1-4,10-11H. The van der Waals surface area contributed by atoms with Crippen LogP contribution in [0.5, 0.6) is 0 Å². The SMILES string of the molecule is OC(c1ncncn1)C(S)Cl. The zero-order chi connectivity index (χ0) is 8.27. The maximum absolute atomic E-state index is 9.24. The highest BCUT2D eigenvalue weighted by Gasteiger charge is 2.16. The first-order chi connectivity index (χ1) is 5.22. The van der Waals surface area contributed by atoms with Gasteiger partial charge in [0.1, 0.15) is 23.5 Å². The summed E-state index contributed by atoms with van der Waals surface area (Å²) >= 11 is 9.30. The van der Waals surface area contributed by atoms with E-state index in [9.17, 15) is 5.11 Å². The van der Waals surface area contributed by atoms with Gasteiger partial charge in [0.15, 0.2) is 5.82 Å². The van der Waals surface area contributed by atoms with Gasteiger partial charge in [-0.2, -0.15) is 12.6 Å². The molecule has 1 rings (SSSR count). The van der Waals surface area contributed by atoms with Crippen LogP contribution in [0.2, 0.25) is 0 Å². The lowest BCUT2D eigenvalue weighted by Gasteiger charge is -2.08. The number of aliphatic hydroxyl groups is 1. The van der Waals surface area contributed by atoms with Gasteiger partial charge >= 0.3 is 0 Å². The molecule has 0 radical (unpaired) electrons. The Kier molecular flexibility index (Phi) is 3.04. The third-order valence-corrected chi connectivity index (χ3v) is 1.56. The van der Waals surface area contributed by atoms with Crippen molar-refractivity contribution in [2.75, 3.05) is 0 Å². The molecule has 6 heteroatoms. The van der Waals surface area contributed by atoms with Crippen LogP contribution in [0.15, 0.2) is 12.7 Å². The lowest BCUT2D eigenvalue weighted by molar-refractivity contribution is 0.184. The van der Waals surface area contributed by atoms with Crippen molar-refractivity contribution in [3.63, 3.8) is 0 Å². The second-order valence-corrected chi connectivity index (χ2v) is 3.14. The summed E-state index contributed by atoms with van der Waals surface area (Å²) in [6.45, 7) is 0. The van der Waals surface area contributed by atoms with E-state index in [1.54, 1.807) is 0 Å². The minimum atomic E-state index is -0.956. The van der Waals surface area contributed by atoms with Gasteiger partial charge in [-0.25, -0.2) is 15.0 Å². The van der Waals surface area contributed by atoms with Gasteiger partial charge in [-0.3, -0.25) is 0 Å². The summed E-state index contributed by atoms with van der Waals surface area (Å²) in [5, 5.41) is 9.24. The van der Waals surface area contributed by atoms with Crippen molar-refractivity contribution >= 4 is 24.2 Å². The fourth-order valence-electron chi connectivity index (χ4n) is 0.524. The molecule has 1 aromatic heterocycles. The molecule has 1 N–H and O–H groups in total. The number of alkyl halides is 1. The fraction of sp³-hybridized carbons (Fsp3) is 0.400. The van der Waals surface area contributed by atoms with Crippen LogP contribution in [0.25, 0.3) is 0 Å². The Morgan fingerprint density at radius 3 is 2.45 bits per heavy atom. The molecule has 11 heavy (non-hydrogen) atoms. The van der Waals surface area contributed by atoms with Crippen molar-refractivity contribution in [2.24, 2.45) is 0 Å². The minimum absolute atomic E-state index is 0.231. The smallest absolute Gasteiger partial charge is 0.162 e. The van der Waals surface area contributed by atoms with Crippen LogP contribution in [0, 0.1) is 0 Å². The van der Waals surface area contributed by atoms with Gasteiger partial charge in [0, 0.05) is 0 Å². The zero-order valence-electron chi connectivity index (χ0n) is 5.42. The zero-order valence-corrected chi connectivity index (χ0v) is 7.07. The predicted molar refractivity (Wildman–Crippen MR) is 43.4 cm³/mol. The van der Waals surface area contributed by atoms with Crippen LogP contribution in [0.1, 0.15) is 11.9 Å². The first-order valence-corrected chi connectivity index (χ1v) is 3.79. The second kappa shape index (κ2) is 3.85. The second-order valence-electron chi connectivity index (χ2n) is 1.81. The molecule has 4 nitrogen and oxygen atoms in total. The van der Waals surface area contributed by atoms with E-state index < -0.39 is 10.8 Å². The molecule has 0 aliphatic heterocycles. The number of aromatic nitrogens is 3. The van der Waals surface area contributed by atoms with Gasteiger partial charge in [-0.15, -0.1) is 11.6 Å². The summed E-state index contributed by atoms with van der Waals surface area (Å²) in [5.74, 6) is 0.231. The maximum Gasteiger partial charge on any atom is 0.162 e. The van der Waals surface area contributed by atoms with E-state index in [0.29, 0.717) is 0 Å². The number of halogens is 1. The number of rotatable bonds is 2. The Balaban J connectivity index is 2.77. The van der Waals surface area contributed by atoms with Crippen LogP contribution in [0.4, 0.5) is 0 Å². The van der Waals surface area contributed by atoms with Crippen molar-refractivity contribution in [3.8, 4) is 0 Å². The molecule has 0 bridgehead atoms. The van der Waals surface area contributed by atoms with E-state index in [4.69, 9.17) is 11.6 Å². The van der Waals surface area contributed by atoms with E-state index in [1.165, 1.54) is 12.7 Å². The van der Waals surface area contributed by atoms with E-state index in [2.05, 4.69) is 27.6 Å². The van der Waals surface area contributed by atoms with Crippen LogP contribution in [-0.2, 0) is 0 Å². The molecule has 0 aromatic carbocycles. The van der Waals surface area contributed by atoms with E-state index in [0.717, 1.165) is 0 Å². The Hall–Kier alpha value is -0.390. The molecule has 2 atom stereocenters. The number of hydrogen-bond acceptors (Lipinski definition) is 5. The molecule has 2 unspecified atom stereocenters. The van der Waals surface area contributed by atoms with E-state index >= 15 is 0 Å². The highest BCUT2D eigenvalue weighted by atomic mass is 35.5. The number of thiol groups is 1. The Labute approximate surface area is 74.1 Å². The van der Waals surface area contributed by atoms with Gasteiger partial charge in [-0.05, 0) is 0 Å². The molecule has 1 heterocycles. The number of nitrogens with zero attached hydrogens (tertiary/aromatic N) is 3. The molecule has 0 saturated carbocycles. The molecule has 1 aromatic rings.